The molecular formula is C15H27N3O2S. The van der Waals surface area contributed by atoms with E-state index in [1.165, 1.54) is 0 Å². The molecule has 21 heavy (non-hydrogen) atoms. The minimum absolute atomic E-state index is 0.0225. The fourth-order valence-electron chi connectivity index (χ4n) is 3.01. The number of nitrogens with two attached hydrogens (primary N) is 1. The third-order valence-corrected chi connectivity index (χ3v) is 4.59. The maximum atomic E-state index is 13.0. The lowest BCUT2D eigenvalue weighted by Gasteiger charge is -2.35. The van der Waals surface area contributed by atoms with Crippen molar-refractivity contribution in [2.75, 3.05) is 26.7 Å². The van der Waals surface area contributed by atoms with Crippen molar-refractivity contribution in [2.24, 2.45) is 11.1 Å². The van der Waals surface area contributed by atoms with Crippen LogP contribution in [0.2, 0.25) is 0 Å². The van der Waals surface area contributed by atoms with E-state index in [9.17, 15) is 9.59 Å². The Morgan fingerprint density at radius 2 is 1.86 bits per heavy atom. The zero-order valence-corrected chi connectivity index (χ0v) is 14.2. The molecule has 1 saturated heterocycles. The highest BCUT2D eigenvalue weighted by Gasteiger charge is 2.43. The predicted octanol–water partition coefficient (Wildman–Crippen LogP) is 1.55. The summed E-state index contributed by atoms with van der Waals surface area (Å²) in [6, 6.07) is 0. The molecule has 0 aliphatic carbocycles. The Morgan fingerprint density at radius 3 is 2.33 bits per heavy atom. The molecule has 0 radical (unpaired) electrons. The number of nitrogens with zero attached hydrogens (tertiary/aromatic N) is 2. The fourth-order valence-corrected chi connectivity index (χ4v) is 3.30. The van der Waals surface area contributed by atoms with Gasteiger partial charge in [-0.3, -0.25) is 9.59 Å². The van der Waals surface area contributed by atoms with Crippen LogP contribution in [0.5, 0.6) is 0 Å². The Kier molecular flexibility index (Phi) is 6.58. The average molecular weight is 313 g/mol. The van der Waals surface area contributed by atoms with E-state index in [-0.39, 0.29) is 23.3 Å². The molecule has 0 unspecified atom stereocenters. The molecule has 1 aliphatic rings. The van der Waals surface area contributed by atoms with Gasteiger partial charge in [-0.05, 0) is 19.3 Å². The van der Waals surface area contributed by atoms with Crippen molar-refractivity contribution < 1.29 is 9.59 Å². The number of carbonyl (C=O) groups is 2. The number of thiocarbonyl (C=S) groups is 1. The lowest BCUT2D eigenvalue weighted by Crippen LogP contribution is -2.52. The van der Waals surface area contributed by atoms with E-state index in [4.69, 9.17) is 18.0 Å². The van der Waals surface area contributed by atoms with Crippen LogP contribution in [-0.2, 0) is 9.59 Å². The van der Waals surface area contributed by atoms with Gasteiger partial charge >= 0.3 is 0 Å². The standard InChI is InChI=1S/C15H27N3O2S/c1-4-7-15(8-5-2,13(16)21)14(20)18-10-6-9-17(3)12(19)11-18/h4-11H2,1-3H3,(H2,16,21). The van der Waals surface area contributed by atoms with Crippen LogP contribution < -0.4 is 5.73 Å². The highest BCUT2D eigenvalue weighted by Crippen LogP contribution is 2.33. The van der Waals surface area contributed by atoms with Crippen LogP contribution in [0.15, 0.2) is 0 Å². The zero-order valence-electron chi connectivity index (χ0n) is 13.4. The molecule has 120 valence electrons. The minimum atomic E-state index is -0.790. The van der Waals surface area contributed by atoms with Crippen LogP contribution in [0.1, 0.15) is 46.0 Å². The SMILES string of the molecule is CCCC(CCC)(C(=O)N1CCCN(C)C(=O)C1)C(N)=S. The molecule has 2 N–H and O–H groups in total. The molecule has 0 aromatic rings. The summed E-state index contributed by atoms with van der Waals surface area (Å²) < 4.78 is 0. The topological polar surface area (TPSA) is 66.6 Å². The third-order valence-electron chi connectivity index (χ3n) is 4.20. The van der Waals surface area contributed by atoms with Gasteiger partial charge in [0, 0.05) is 20.1 Å². The van der Waals surface area contributed by atoms with E-state index in [1.807, 2.05) is 13.8 Å². The Morgan fingerprint density at radius 1 is 1.29 bits per heavy atom. The number of amides is 2. The van der Waals surface area contributed by atoms with Crippen LogP contribution in [0, 0.1) is 5.41 Å². The van der Waals surface area contributed by atoms with Gasteiger partial charge < -0.3 is 15.5 Å². The van der Waals surface area contributed by atoms with Gasteiger partial charge in [0.15, 0.2) is 0 Å². The van der Waals surface area contributed by atoms with E-state index in [2.05, 4.69) is 0 Å². The summed E-state index contributed by atoms with van der Waals surface area (Å²) >= 11 is 5.23. The highest BCUT2D eigenvalue weighted by atomic mass is 32.1. The number of rotatable bonds is 6. The average Bonchev–Trinajstić information content (AvgIpc) is 2.59. The third kappa shape index (κ3) is 3.93. The summed E-state index contributed by atoms with van der Waals surface area (Å²) in [6.07, 6.45) is 3.76. The molecular weight excluding hydrogens is 286 g/mol. The number of hydrogen-bond acceptors (Lipinski definition) is 3. The summed E-state index contributed by atoms with van der Waals surface area (Å²) in [5.74, 6) is -0.0898. The first-order valence-corrected chi connectivity index (χ1v) is 8.13. The second kappa shape index (κ2) is 7.73. The van der Waals surface area contributed by atoms with Crippen molar-refractivity contribution in [3.63, 3.8) is 0 Å². The van der Waals surface area contributed by atoms with Gasteiger partial charge in [-0.1, -0.05) is 38.9 Å². The molecule has 1 aliphatic heterocycles. The molecule has 0 aromatic heterocycles. The lowest BCUT2D eigenvalue weighted by atomic mass is 9.77. The number of hydrogen-bond donors (Lipinski definition) is 1. The number of carbonyl (C=O) groups excluding carboxylic acids is 2. The Balaban J connectivity index is 3.03. The summed E-state index contributed by atoms with van der Waals surface area (Å²) in [5.41, 5.74) is 5.15. The van der Waals surface area contributed by atoms with E-state index < -0.39 is 5.41 Å². The Bertz CT molecular complexity index is 406. The van der Waals surface area contributed by atoms with Crippen molar-refractivity contribution in [1.82, 2.24) is 9.80 Å². The summed E-state index contributed by atoms with van der Waals surface area (Å²) in [7, 11) is 1.77. The summed E-state index contributed by atoms with van der Waals surface area (Å²) in [5, 5.41) is 0. The normalized spacial score (nSPS) is 16.8. The van der Waals surface area contributed by atoms with Crippen LogP contribution in [0.25, 0.3) is 0 Å². The Hall–Kier alpha value is -1.17. The number of likely N-dealkylation sites (N-methyl/N-ethyl adjacent to an activating group) is 1. The van der Waals surface area contributed by atoms with Crippen LogP contribution >= 0.6 is 12.2 Å². The largest absolute Gasteiger partial charge is 0.392 e. The van der Waals surface area contributed by atoms with Crippen LogP contribution in [-0.4, -0.2) is 53.3 Å². The van der Waals surface area contributed by atoms with E-state index in [0.717, 1.165) is 19.3 Å². The van der Waals surface area contributed by atoms with Crippen molar-refractivity contribution in [1.29, 1.82) is 0 Å². The molecule has 2 amide bonds. The van der Waals surface area contributed by atoms with Gasteiger partial charge in [0.05, 0.1) is 16.9 Å². The second-order valence-electron chi connectivity index (χ2n) is 5.84. The second-order valence-corrected chi connectivity index (χ2v) is 6.28. The molecule has 1 fully saturated rings. The fraction of sp³-hybridized carbons (Fsp3) is 0.800. The maximum Gasteiger partial charge on any atom is 0.241 e. The van der Waals surface area contributed by atoms with Crippen LogP contribution in [0.4, 0.5) is 0 Å². The molecule has 0 spiro atoms. The van der Waals surface area contributed by atoms with Crippen molar-refractivity contribution >= 4 is 29.0 Å². The van der Waals surface area contributed by atoms with Gasteiger partial charge in [0.25, 0.3) is 0 Å². The van der Waals surface area contributed by atoms with Gasteiger partial charge in [-0.15, -0.1) is 0 Å². The molecule has 0 aromatic carbocycles. The van der Waals surface area contributed by atoms with Crippen LogP contribution in [0.3, 0.4) is 0 Å². The highest BCUT2D eigenvalue weighted by molar-refractivity contribution is 7.80. The van der Waals surface area contributed by atoms with Gasteiger partial charge in [-0.25, -0.2) is 0 Å². The summed E-state index contributed by atoms with van der Waals surface area (Å²) in [4.78, 5) is 28.6. The first kappa shape index (κ1) is 17.9. The first-order chi connectivity index (χ1) is 9.89. The van der Waals surface area contributed by atoms with Crippen molar-refractivity contribution in [2.45, 2.75) is 46.0 Å². The van der Waals surface area contributed by atoms with E-state index >= 15 is 0 Å². The van der Waals surface area contributed by atoms with Gasteiger partial charge in [0.2, 0.25) is 11.8 Å². The molecule has 5 nitrogen and oxygen atoms in total. The van der Waals surface area contributed by atoms with E-state index in [1.54, 1.807) is 16.8 Å². The van der Waals surface area contributed by atoms with Gasteiger partial charge in [0.1, 0.15) is 0 Å². The zero-order chi connectivity index (χ0) is 16.0. The lowest BCUT2D eigenvalue weighted by molar-refractivity contribution is -0.143. The minimum Gasteiger partial charge on any atom is -0.392 e. The molecule has 6 heteroatoms. The molecule has 0 atom stereocenters. The molecule has 1 rings (SSSR count). The smallest absolute Gasteiger partial charge is 0.241 e. The molecule has 1 heterocycles. The quantitative estimate of drug-likeness (QED) is 0.756. The van der Waals surface area contributed by atoms with Crippen molar-refractivity contribution in [3.8, 4) is 0 Å². The maximum absolute atomic E-state index is 13.0. The summed E-state index contributed by atoms with van der Waals surface area (Å²) in [6.45, 7) is 5.46. The van der Waals surface area contributed by atoms with E-state index in [0.29, 0.717) is 25.9 Å². The molecule has 0 bridgehead atoms. The van der Waals surface area contributed by atoms with Gasteiger partial charge in [-0.2, -0.15) is 0 Å². The monoisotopic (exact) mass is 313 g/mol. The Labute approximate surface area is 132 Å². The predicted molar refractivity (Wildman–Crippen MR) is 87.9 cm³/mol. The van der Waals surface area contributed by atoms with Crippen molar-refractivity contribution in [3.05, 3.63) is 0 Å². The first-order valence-electron chi connectivity index (χ1n) is 7.72. The molecule has 0 saturated carbocycles.